The average Bonchev–Trinajstić information content (AvgIpc) is 3.21. The van der Waals surface area contributed by atoms with Crippen LogP contribution in [0.15, 0.2) is 90.1 Å². The van der Waals surface area contributed by atoms with Gasteiger partial charge in [-0.3, -0.25) is 4.79 Å². The zero-order chi connectivity index (χ0) is 20.8. The van der Waals surface area contributed by atoms with E-state index in [9.17, 15) is 9.18 Å². The first-order valence-electron chi connectivity index (χ1n) is 9.58. The van der Waals surface area contributed by atoms with Gasteiger partial charge in [-0.25, -0.2) is 9.37 Å². The number of anilines is 1. The van der Waals surface area contributed by atoms with Crippen molar-refractivity contribution in [1.29, 1.82) is 0 Å². The number of thioether (sulfide) groups is 1. The van der Waals surface area contributed by atoms with Crippen LogP contribution in [0.2, 0.25) is 0 Å². The Morgan fingerprint density at radius 1 is 0.900 bits per heavy atom. The van der Waals surface area contributed by atoms with E-state index in [1.807, 2.05) is 60.7 Å². The number of imidazole rings is 1. The summed E-state index contributed by atoms with van der Waals surface area (Å²) in [6, 6.07) is 25.8. The van der Waals surface area contributed by atoms with Crippen LogP contribution in [0.5, 0.6) is 0 Å². The smallest absolute Gasteiger partial charge is 0.225 e. The molecule has 2 N–H and O–H groups in total. The first-order chi connectivity index (χ1) is 14.7. The summed E-state index contributed by atoms with van der Waals surface area (Å²) in [5.41, 5.74) is 4.53. The van der Waals surface area contributed by atoms with Crippen LogP contribution < -0.4 is 5.32 Å². The molecule has 0 atom stereocenters. The van der Waals surface area contributed by atoms with Crippen molar-refractivity contribution < 1.29 is 9.18 Å². The topological polar surface area (TPSA) is 57.8 Å². The predicted octanol–water partition coefficient (Wildman–Crippen LogP) is 6.00. The number of H-pyrrole nitrogens is 1. The number of carbonyl (C=O) groups excluding carboxylic acids is 1. The number of hydrogen-bond acceptors (Lipinski definition) is 3. The molecule has 0 fully saturated rings. The Morgan fingerprint density at radius 3 is 2.20 bits per heavy atom. The summed E-state index contributed by atoms with van der Waals surface area (Å²) in [4.78, 5) is 20.3. The van der Waals surface area contributed by atoms with Gasteiger partial charge in [-0.1, -0.05) is 72.4 Å². The van der Waals surface area contributed by atoms with E-state index in [0.29, 0.717) is 17.9 Å². The lowest BCUT2D eigenvalue weighted by molar-refractivity contribution is -0.115. The Labute approximate surface area is 178 Å². The first kappa shape index (κ1) is 19.9. The highest BCUT2D eigenvalue weighted by Gasteiger charge is 2.14. The molecule has 0 saturated heterocycles. The molecule has 0 aliphatic heterocycles. The summed E-state index contributed by atoms with van der Waals surface area (Å²) in [6.07, 6.45) is 0.323. The number of carbonyl (C=O) groups is 1. The van der Waals surface area contributed by atoms with E-state index in [1.165, 1.54) is 23.9 Å². The fourth-order valence-corrected chi connectivity index (χ4v) is 3.85. The molecule has 0 spiro atoms. The van der Waals surface area contributed by atoms with Crippen LogP contribution in [-0.2, 0) is 4.79 Å². The van der Waals surface area contributed by atoms with Gasteiger partial charge in [0.25, 0.3) is 0 Å². The molecule has 6 heteroatoms. The Hall–Kier alpha value is -3.38. The number of amides is 1. The summed E-state index contributed by atoms with van der Waals surface area (Å²) in [7, 11) is 0. The van der Waals surface area contributed by atoms with Crippen molar-refractivity contribution in [3.8, 4) is 22.5 Å². The zero-order valence-corrected chi connectivity index (χ0v) is 17.0. The third-order valence-electron chi connectivity index (χ3n) is 4.49. The molecule has 3 aromatic carbocycles. The maximum absolute atomic E-state index is 13.0. The van der Waals surface area contributed by atoms with Crippen molar-refractivity contribution in [2.45, 2.75) is 11.6 Å². The number of hydrogen-bond donors (Lipinski definition) is 2. The van der Waals surface area contributed by atoms with Crippen LogP contribution in [0.1, 0.15) is 6.42 Å². The molecule has 0 aliphatic rings. The van der Waals surface area contributed by atoms with Gasteiger partial charge < -0.3 is 10.3 Å². The quantitative estimate of drug-likeness (QED) is 0.362. The average molecular weight is 418 g/mol. The summed E-state index contributed by atoms with van der Waals surface area (Å²) in [5.74, 6) is 0.125. The SMILES string of the molecule is O=C(CCSc1nc(-c2ccccc2)c(-c2ccccc2)[nH]1)Nc1ccc(F)cc1. The fourth-order valence-electron chi connectivity index (χ4n) is 3.04. The number of aromatic amines is 1. The van der Waals surface area contributed by atoms with E-state index in [0.717, 1.165) is 27.7 Å². The fraction of sp³-hybridized carbons (Fsp3) is 0.0833. The van der Waals surface area contributed by atoms with Crippen LogP contribution in [0.25, 0.3) is 22.5 Å². The standard InChI is InChI=1S/C24H20FN3OS/c25-19-11-13-20(14-12-19)26-21(29)15-16-30-24-27-22(17-7-3-1-4-8-17)23(28-24)18-9-5-2-6-10-18/h1-14H,15-16H2,(H,26,29)(H,27,28). The molecular weight excluding hydrogens is 397 g/mol. The molecule has 0 unspecified atom stereocenters. The monoisotopic (exact) mass is 417 g/mol. The Morgan fingerprint density at radius 2 is 1.53 bits per heavy atom. The highest BCUT2D eigenvalue weighted by atomic mass is 32.2. The lowest BCUT2D eigenvalue weighted by Crippen LogP contribution is -2.12. The minimum absolute atomic E-state index is 0.118. The zero-order valence-electron chi connectivity index (χ0n) is 16.1. The van der Waals surface area contributed by atoms with Gasteiger partial charge in [0.05, 0.1) is 11.4 Å². The van der Waals surface area contributed by atoms with E-state index in [4.69, 9.17) is 4.98 Å². The van der Waals surface area contributed by atoms with E-state index >= 15 is 0 Å². The minimum atomic E-state index is -0.329. The third kappa shape index (κ3) is 4.96. The van der Waals surface area contributed by atoms with Crippen molar-refractivity contribution in [2.75, 3.05) is 11.1 Å². The molecule has 4 aromatic rings. The molecule has 1 aromatic heterocycles. The Balaban J connectivity index is 1.45. The lowest BCUT2D eigenvalue weighted by atomic mass is 10.1. The van der Waals surface area contributed by atoms with Crippen LogP contribution in [0.4, 0.5) is 10.1 Å². The number of benzene rings is 3. The number of nitrogens with one attached hydrogen (secondary N) is 2. The van der Waals surface area contributed by atoms with Gasteiger partial charge in [0.15, 0.2) is 5.16 Å². The van der Waals surface area contributed by atoms with Gasteiger partial charge in [-0.15, -0.1) is 0 Å². The highest BCUT2D eigenvalue weighted by molar-refractivity contribution is 7.99. The van der Waals surface area contributed by atoms with Crippen LogP contribution in [0.3, 0.4) is 0 Å². The minimum Gasteiger partial charge on any atom is -0.332 e. The summed E-state index contributed by atoms with van der Waals surface area (Å²) in [6.45, 7) is 0. The Bertz CT molecular complexity index is 1060. The van der Waals surface area contributed by atoms with Crippen LogP contribution >= 0.6 is 11.8 Å². The second-order valence-electron chi connectivity index (χ2n) is 6.65. The molecule has 150 valence electrons. The van der Waals surface area contributed by atoms with Crippen molar-refractivity contribution in [3.63, 3.8) is 0 Å². The van der Waals surface area contributed by atoms with Crippen molar-refractivity contribution >= 4 is 23.4 Å². The number of halogens is 1. The predicted molar refractivity (Wildman–Crippen MR) is 120 cm³/mol. The normalized spacial score (nSPS) is 10.7. The molecule has 1 amide bonds. The van der Waals surface area contributed by atoms with Gasteiger partial charge in [-0.2, -0.15) is 0 Å². The van der Waals surface area contributed by atoms with Crippen molar-refractivity contribution in [3.05, 3.63) is 90.7 Å². The Kier molecular flexibility index (Phi) is 6.25. The molecule has 4 rings (SSSR count). The third-order valence-corrected chi connectivity index (χ3v) is 5.36. The molecule has 1 heterocycles. The highest BCUT2D eigenvalue weighted by Crippen LogP contribution is 2.32. The van der Waals surface area contributed by atoms with Gasteiger partial charge in [0.2, 0.25) is 5.91 Å². The number of aromatic nitrogens is 2. The van der Waals surface area contributed by atoms with Gasteiger partial charge in [0, 0.05) is 29.0 Å². The van der Waals surface area contributed by atoms with E-state index in [2.05, 4.69) is 10.3 Å². The molecule has 0 radical (unpaired) electrons. The summed E-state index contributed by atoms with van der Waals surface area (Å²) < 4.78 is 13.0. The summed E-state index contributed by atoms with van der Waals surface area (Å²) in [5, 5.41) is 3.54. The second kappa shape index (κ2) is 9.41. The van der Waals surface area contributed by atoms with E-state index in [1.54, 1.807) is 12.1 Å². The molecule has 4 nitrogen and oxygen atoms in total. The van der Waals surface area contributed by atoms with Gasteiger partial charge in [-0.05, 0) is 24.3 Å². The lowest BCUT2D eigenvalue weighted by Gasteiger charge is -2.04. The molecule has 0 aliphatic carbocycles. The van der Waals surface area contributed by atoms with Gasteiger partial charge in [0.1, 0.15) is 5.82 Å². The van der Waals surface area contributed by atoms with E-state index < -0.39 is 0 Å². The maximum Gasteiger partial charge on any atom is 0.225 e. The maximum atomic E-state index is 13.0. The molecule has 30 heavy (non-hydrogen) atoms. The molecule has 0 bridgehead atoms. The van der Waals surface area contributed by atoms with Crippen molar-refractivity contribution in [2.24, 2.45) is 0 Å². The van der Waals surface area contributed by atoms with Crippen molar-refractivity contribution in [1.82, 2.24) is 9.97 Å². The molecule has 0 saturated carbocycles. The van der Waals surface area contributed by atoms with Gasteiger partial charge >= 0.3 is 0 Å². The summed E-state index contributed by atoms with van der Waals surface area (Å²) >= 11 is 1.50. The first-order valence-corrected chi connectivity index (χ1v) is 10.6. The second-order valence-corrected chi connectivity index (χ2v) is 7.73. The van der Waals surface area contributed by atoms with Crippen LogP contribution in [0, 0.1) is 5.82 Å². The number of rotatable bonds is 7. The van der Waals surface area contributed by atoms with E-state index in [-0.39, 0.29) is 11.7 Å². The van der Waals surface area contributed by atoms with Crippen LogP contribution in [-0.4, -0.2) is 21.6 Å². The largest absolute Gasteiger partial charge is 0.332 e. The number of nitrogens with zero attached hydrogens (tertiary/aromatic N) is 1. The molecular formula is C24H20FN3OS.